The molecule has 0 unspecified atom stereocenters. The van der Waals surface area contributed by atoms with Crippen molar-refractivity contribution in [2.75, 3.05) is 5.32 Å². The molecule has 0 bridgehead atoms. The summed E-state index contributed by atoms with van der Waals surface area (Å²) in [6.45, 7) is 9.37. The lowest BCUT2D eigenvalue weighted by atomic mass is 9.63. The molecule has 0 amide bonds. The van der Waals surface area contributed by atoms with E-state index in [4.69, 9.17) is 18.0 Å². The number of rotatable bonds is 3. The van der Waals surface area contributed by atoms with Gasteiger partial charge in [0.1, 0.15) is 10.8 Å². The van der Waals surface area contributed by atoms with E-state index >= 15 is 0 Å². The molecule has 110 valence electrons. The Balaban J connectivity index is 2.20. The Morgan fingerprint density at radius 3 is 2.45 bits per heavy atom. The predicted octanol–water partition coefficient (Wildman–Crippen LogP) is 3.73. The third kappa shape index (κ3) is 3.69. The lowest BCUT2D eigenvalue weighted by molar-refractivity contribution is 0.105. The Morgan fingerprint density at radius 2 is 1.90 bits per heavy atom. The SMILES string of the molecule is CC1(C)CC(Nc2ncccc2C(N)=S)CC(C)(C)C1. The molecule has 2 rings (SSSR count). The van der Waals surface area contributed by atoms with Crippen molar-refractivity contribution in [1.29, 1.82) is 0 Å². The molecule has 1 aromatic heterocycles. The molecule has 0 aliphatic heterocycles. The van der Waals surface area contributed by atoms with Gasteiger partial charge in [-0.25, -0.2) is 4.98 Å². The first-order valence-electron chi connectivity index (χ1n) is 7.20. The molecule has 20 heavy (non-hydrogen) atoms. The zero-order chi connectivity index (χ0) is 15.0. The lowest BCUT2D eigenvalue weighted by Crippen LogP contribution is -2.40. The van der Waals surface area contributed by atoms with Gasteiger partial charge in [-0.15, -0.1) is 0 Å². The summed E-state index contributed by atoms with van der Waals surface area (Å²) in [5.41, 5.74) is 7.30. The van der Waals surface area contributed by atoms with Crippen LogP contribution in [-0.2, 0) is 0 Å². The minimum atomic E-state index is 0.345. The average molecular weight is 291 g/mol. The first kappa shape index (κ1) is 15.2. The summed E-state index contributed by atoms with van der Waals surface area (Å²) < 4.78 is 0. The molecule has 1 fully saturated rings. The van der Waals surface area contributed by atoms with Crippen LogP contribution in [0.5, 0.6) is 0 Å². The minimum absolute atomic E-state index is 0.345. The van der Waals surface area contributed by atoms with E-state index in [1.54, 1.807) is 6.20 Å². The zero-order valence-electron chi connectivity index (χ0n) is 12.9. The topological polar surface area (TPSA) is 50.9 Å². The van der Waals surface area contributed by atoms with E-state index in [9.17, 15) is 0 Å². The molecule has 3 N–H and O–H groups in total. The highest BCUT2D eigenvalue weighted by molar-refractivity contribution is 7.80. The molecule has 1 heterocycles. The van der Waals surface area contributed by atoms with E-state index in [2.05, 4.69) is 38.0 Å². The number of nitrogens with two attached hydrogens (primary N) is 1. The van der Waals surface area contributed by atoms with Crippen molar-refractivity contribution in [2.45, 2.75) is 53.0 Å². The van der Waals surface area contributed by atoms with Crippen molar-refractivity contribution >= 4 is 23.0 Å². The summed E-state index contributed by atoms with van der Waals surface area (Å²) in [6.07, 6.45) is 5.32. The fourth-order valence-corrected chi connectivity index (χ4v) is 4.03. The van der Waals surface area contributed by atoms with Gasteiger partial charge >= 0.3 is 0 Å². The molecule has 3 nitrogen and oxygen atoms in total. The van der Waals surface area contributed by atoms with Crippen LogP contribution in [0.2, 0.25) is 0 Å². The molecule has 1 saturated carbocycles. The highest BCUT2D eigenvalue weighted by Gasteiger charge is 2.38. The van der Waals surface area contributed by atoms with Gasteiger partial charge in [0.15, 0.2) is 0 Å². The maximum absolute atomic E-state index is 5.78. The number of thiocarbonyl (C=S) groups is 1. The number of anilines is 1. The zero-order valence-corrected chi connectivity index (χ0v) is 13.7. The van der Waals surface area contributed by atoms with Gasteiger partial charge in [-0.3, -0.25) is 0 Å². The van der Waals surface area contributed by atoms with Crippen molar-refractivity contribution in [2.24, 2.45) is 16.6 Å². The Kier molecular flexibility index (Phi) is 4.05. The van der Waals surface area contributed by atoms with Gasteiger partial charge in [-0.2, -0.15) is 0 Å². The summed E-state index contributed by atoms with van der Waals surface area (Å²) in [4.78, 5) is 4.81. The molecule has 1 aliphatic rings. The predicted molar refractivity (Wildman–Crippen MR) is 88.9 cm³/mol. The normalized spacial score (nSPS) is 21.4. The molecule has 1 aromatic rings. The summed E-state index contributed by atoms with van der Waals surface area (Å²) in [6, 6.07) is 4.21. The largest absolute Gasteiger partial charge is 0.389 e. The average Bonchev–Trinajstić information content (AvgIpc) is 2.24. The Labute approximate surface area is 127 Å². The quantitative estimate of drug-likeness (QED) is 0.833. The summed E-state index contributed by atoms with van der Waals surface area (Å²) in [5, 5.41) is 3.56. The smallest absolute Gasteiger partial charge is 0.136 e. The van der Waals surface area contributed by atoms with Crippen LogP contribution in [0.1, 0.15) is 52.5 Å². The first-order valence-corrected chi connectivity index (χ1v) is 7.61. The van der Waals surface area contributed by atoms with E-state index in [-0.39, 0.29) is 0 Å². The molecule has 0 spiro atoms. The van der Waals surface area contributed by atoms with Crippen molar-refractivity contribution in [3.8, 4) is 0 Å². The number of nitrogens with zero attached hydrogens (tertiary/aromatic N) is 1. The molecule has 1 aliphatic carbocycles. The third-order valence-corrected chi connectivity index (χ3v) is 4.19. The summed E-state index contributed by atoms with van der Waals surface area (Å²) in [5.74, 6) is 0.818. The van der Waals surface area contributed by atoms with Crippen molar-refractivity contribution in [3.63, 3.8) is 0 Å². The van der Waals surface area contributed by atoms with Crippen molar-refractivity contribution < 1.29 is 0 Å². The second kappa shape index (κ2) is 5.32. The molecular weight excluding hydrogens is 266 g/mol. The van der Waals surface area contributed by atoms with Crippen LogP contribution in [0.4, 0.5) is 5.82 Å². The molecule has 0 saturated heterocycles. The Morgan fingerprint density at radius 1 is 1.30 bits per heavy atom. The van der Waals surface area contributed by atoms with E-state index in [1.165, 1.54) is 6.42 Å². The van der Waals surface area contributed by atoms with Crippen molar-refractivity contribution in [3.05, 3.63) is 23.9 Å². The fraction of sp³-hybridized carbons (Fsp3) is 0.625. The van der Waals surface area contributed by atoms with Crippen LogP contribution >= 0.6 is 12.2 Å². The second-order valence-electron chi connectivity index (χ2n) is 7.52. The van der Waals surface area contributed by atoms with Gasteiger partial charge in [-0.1, -0.05) is 39.9 Å². The minimum Gasteiger partial charge on any atom is -0.389 e. The van der Waals surface area contributed by atoms with Crippen LogP contribution in [-0.4, -0.2) is 16.0 Å². The molecular formula is C16H25N3S. The molecule has 0 aromatic carbocycles. The number of hydrogen-bond donors (Lipinski definition) is 2. The van der Waals surface area contributed by atoms with Crippen molar-refractivity contribution in [1.82, 2.24) is 4.98 Å². The number of pyridine rings is 1. The number of nitrogens with one attached hydrogen (secondary N) is 1. The van der Waals surface area contributed by atoms with Crippen LogP contribution in [0.25, 0.3) is 0 Å². The monoisotopic (exact) mass is 291 g/mol. The van der Waals surface area contributed by atoms with E-state index in [1.807, 2.05) is 12.1 Å². The Bertz CT molecular complexity index is 492. The van der Waals surface area contributed by atoms with Crippen LogP contribution < -0.4 is 11.1 Å². The third-order valence-electron chi connectivity index (χ3n) is 3.97. The van der Waals surface area contributed by atoms with E-state index in [0.29, 0.717) is 21.9 Å². The molecule has 0 atom stereocenters. The van der Waals surface area contributed by atoms with Gasteiger partial charge in [0, 0.05) is 12.2 Å². The number of hydrogen-bond acceptors (Lipinski definition) is 3. The van der Waals surface area contributed by atoms with Crippen LogP contribution in [0.3, 0.4) is 0 Å². The summed E-state index contributed by atoms with van der Waals surface area (Å²) in [7, 11) is 0. The van der Waals surface area contributed by atoms with Crippen LogP contribution in [0, 0.1) is 10.8 Å². The fourth-order valence-electron chi connectivity index (χ4n) is 3.86. The van der Waals surface area contributed by atoms with Crippen LogP contribution in [0.15, 0.2) is 18.3 Å². The highest BCUT2D eigenvalue weighted by atomic mass is 32.1. The molecule has 4 heteroatoms. The van der Waals surface area contributed by atoms with E-state index in [0.717, 1.165) is 24.2 Å². The standard InChI is InChI=1S/C16H25N3S/c1-15(2)8-11(9-16(3,4)10-15)19-14-12(13(17)20)6-5-7-18-14/h5-7,11H,8-10H2,1-4H3,(H2,17,20)(H,18,19). The van der Waals surface area contributed by atoms with Gasteiger partial charge < -0.3 is 11.1 Å². The maximum atomic E-state index is 5.78. The van der Waals surface area contributed by atoms with Gasteiger partial charge in [-0.05, 0) is 42.2 Å². The van der Waals surface area contributed by atoms with Gasteiger partial charge in [0.25, 0.3) is 0 Å². The van der Waals surface area contributed by atoms with E-state index < -0.39 is 0 Å². The maximum Gasteiger partial charge on any atom is 0.136 e. The summed E-state index contributed by atoms with van der Waals surface area (Å²) >= 11 is 5.11. The van der Waals surface area contributed by atoms with Gasteiger partial charge in [0.05, 0.1) is 5.56 Å². The second-order valence-corrected chi connectivity index (χ2v) is 7.96. The lowest BCUT2D eigenvalue weighted by Gasteiger charge is -2.45. The first-order chi connectivity index (χ1) is 9.19. The Hall–Kier alpha value is -1.16. The highest BCUT2D eigenvalue weighted by Crippen LogP contribution is 2.46. The molecule has 0 radical (unpaired) electrons. The number of aromatic nitrogens is 1. The van der Waals surface area contributed by atoms with Gasteiger partial charge in [0.2, 0.25) is 0 Å².